The smallest absolute Gasteiger partial charge is 0.232 e. The lowest BCUT2D eigenvalue weighted by Gasteiger charge is -2.55. The molecule has 2 heterocycles. The van der Waals surface area contributed by atoms with Gasteiger partial charge in [-0.2, -0.15) is 0 Å². The van der Waals surface area contributed by atoms with Gasteiger partial charge in [-0.1, -0.05) is 6.07 Å². The van der Waals surface area contributed by atoms with Crippen LogP contribution in [0.25, 0.3) is 10.6 Å². The second-order valence-electron chi connectivity index (χ2n) is 7.67. The van der Waals surface area contributed by atoms with Crippen LogP contribution in [0.5, 0.6) is 0 Å². The Morgan fingerprint density at radius 1 is 1.13 bits per heavy atom. The van der Waals surface area contributed by atoms with Gasteiger partial charge in [0.15, 0.2) is 5.13 Å². The van der Waals surface area contributed by atoms with Crippen LogP contribution < -0.4 is 5.32 Å². The molecule has 4 aliphatic carbocycles. The molecular formula is C18H20N2OS2. The van der Waals surface area contributed by atoms with Gasteiger partial charge in [-0.05, 0) is 67.7 Å². The van der Waals surface area contributed by atoms with E-state index in [1.54, 1.807) is 22.7 Å². The molecule has 3 nitrogen and oxygen atoms in total. The number of carbonyl (C=O) groups is 1. The predicted octanol–water partition coefficient (Wildman–Crippen LogP) is 5.03. The summed E-state index contributed by atoms with van der Waals surface area (Å²) in [4.78, 5) is 18.8. The molecular weight excluding hydrogens is 324 g/mol. The Kier molecular flexibility index (Phi) is 3.17. The third-order valence-corrected chi connectivity index (χ3v) is 7.67. The number of aromatic nitrogens is 1. The number of rotatable bonds is 3. The van der Waals surface area contributed by atoms with Gasteiger partial charge in [-0.15, -0.1) is 22.7 Å². The van der Waals surface area contributed by atoms with Crippen molar-refractivity contribution in [2.24, 2.45) is 23.2 Å². The summed E-state index contributed by atoms with van der Waals surface area (Å²) in [5, 5.41) is 8.01. The van der Waals surface area contributed by atoms with Gasteiger partial charge in [-0.3, -0.25) is 4.79 Å². The summed E-state index contributed by atoms with van der Waals surface area (Å²) in [6, 6.07) is 4.11. The molecule has 0 aliphatic heterocycles. The fourth-order valence-electron chi connectivity index (χ4n) is 5.49. The maximum Gasteiger partial charge on any atom is 0.232 e. The lowest BCUT2D eigenvalue weighted by molar-refractivity contribution is -0.140. The van der Waals surface area contributed by atoms with Crippen molar-refractivity contribution in [3.63, 3.8) is 0 Å². The van der Waals surface area contributed by atoms with Gasteiger partial charge < -0.3 is 5.32 Å². The number of thiazole rings is 1. The fraction of sp³-hybridized carbons (Fsp3) is 0.556. The highest BCUT2D eigenvalue weighted by Gasteiger charge is 2.54. The Balaban J connectivity index is 1.36. The average molecular weight is 345 g/mol. The molecule has 23 heavy (non-hydrogen) atoms. The van der Waals surface area contributed by atoms with Gasteiger partial charge in [0.25, 0.3) is 0 Å². The molecule has 1 N–H and O–H groups in total. The fourth-order valence-corrected chi connectivity index (χ4v) is 6.95. The highest BCUT2D eigenvalue weighted by Crippen LogP contribution is 2.60. The predicted molar refractivity (Wildman–Crippen MR) is 94.7 cm³/mol. The van der Waals surface area contributed by atoms with Gasteiger partial charge in [0.1, 0.15) is 0 Å². The minimum absolute atomic E-state index is 0.0937. The lowest BCUT2D eigenvalue weighted by Crippen LogP contribution is -2.51. The number of thiophene rings is 1. The van der Waals surface area contributed by atoms with E-state index in [0.717, 1.165) is 52.7 Å². The van der Waals surface area contributed by atoms with Crippen LogP contribution in [-0.4, -0.2) is 10.9 Å². The Hall–Kier alpha value is -1.20. The van der Waals surface area contributed by atoms with Crippen LogP contribution in [0.2, 0.25) is 0 Å². The van der Waals surface area contributed by atoms with Gasteiger partial charge in [0, 0.05) is 5.38 Å². The molecule has 4 saturated carbocycles. The van der Waals surface area contributed by atoms with Crippen molar-refractivity contribution in [3.8, 4) is 10.6 Å². The van der Waals surface area contributed by atoms with E-state index in [9.17, 15) is 4.79 Å². The van der Waals surface area contributed by atoms with Crippen LogP contribution in [-0.2, 0) is 4.79 Å². The second kappa shape index (κ2) is 5.15. The van der Waals surface area contributed by atoms with E-state index in [-0.39, 0.29) is 11.3 Å². The maximum absolute atomic E-state index is 13.0. The van der Waals surface area contributed by atoms with E-state index in [1.807, 2.05) is 11.4 Å². The average Bonchev–Trinajstić information content (AvgIpc) is 3.16. The molecule has 0 unspecified atom stereocenters. The van der Waals surface area contributed by atoms with E-state index in [2.05, 4.69) is 21.7 Å². The number of nitrogens with zero attached hydrogens (tertiary/aromatic N) is 1. The minimum Gasteiger partial charge on any atom is -0.301 e. The topological polar surface area (TPSA) is 42.0 Å². The zero-order chi connectivity index (χ0) is 15.4. The Bertz CT molecular complexity index is 699. The summed E-state index contributed by atoms with van der Waals surface area (Å²) >= 11 is 3.23. The van der Waals surface area contributed by atoms with Crippen LogP contribution in [0.3, 0.4) is 0 Å². The normalized spacial score (nSPS) is 34.7. The molecule has 6 rings (SSSR count). The van der Waals surface area contributed by atoms with E-state index >= 15 is 0 Å². The van der Waals surface area contributed by atoms with Crippen molar-refractivity contribution >= 4 is 33.7 Å². The van der Waals surface area contributed by atoms with E-state index < -0.39 is 0 Å². The molecule has 0 spiro atoms. The number of amides is 1. The molecule has 120 valence electrons. The van der Waals surface area contributed by atoms with Gasteiger partial charge in [0.05, 0.1) is 16.0 Å². The molecule has 4 aliphatic rings. The summed E-state index contributed by atoms with van der Waals surface area (Å²) in [6.45, 7) is 0. The van der Waals surface area contributed by atoms with E-state index in [4.69, 9.17) is 0 Å². The second-order valence-corrected chi connectivity index (χ2v) is 9.47. The van der Waals surface area contributed by atoms with Crippen molar-refractivity contribution in [1.29, 1.82) is 0 Å². The number of hydrogen-bond donors (Lipinski definition) is 1. The van der Waals surface area contributed by atoms with Crippen LogP contribution in [0, 0.1) is 23.2 Å². The minimum atomic E-state index is -0.0937. The molecule has 5 heteroatoms. The number of nitrogens with one attached hydrogen (secondary N) is 1. The summed E-state index contributed by atoms with van der Waals surface area (Å²) < 4.78 is 0. The monoisotopic (exact) mass is 344 g/mol. The lowest BCUT2D eigenvalue weighted by atomic mass is 9.49. The van der Waals surface area contributed by atoms with Crippen LogP contribution in [0.15, 0.2) is 22.9 Å². The molecule has 0 aromatic carbocycles. The first kappa shape index (κ1) is 14.2. The largest absolute Gasteiger partial charge is 0.301 e. The van der Waals surface area contributed by atoms with Crippen molar-refractivity contribution in [1.82, 2.24) is 4.98 Å². The Labute approximate surface area is 144 Å². The third kappa shape index (κ3) is 2.36. The molecule has 4 bridgehead atoms. The Morgan fingerprint density at radius 2 is 1.83 bits per heavy atom. The zero-order valence-corrected chi connectivity index (χ0v) is 14.6. The van der Waals surface area contributed by atoms with Gasteiger partial charge in [0.2, 0.25) is 5.91 Å². The number of hydrogen-bond acceptors (Lipinski definition) is 4. The quantitative estimate of drug-likeness (QED) is 0.849. The summed E-state index contributed by atoms with van der Waals surface area (Å²) in [5.41, 5.74) is 0.884. The highest BCUT2D eigenvalue weighted by atomic mass is 32.1. The van der Waals surface area contributed by atoms with Crippen molar-refractivity contribution in [2.75, 3.05) is 5.32 Å². The first-order valence-electron chi connectivity index (χ1n) is 8.51. The standard InChI is InChI=1S/C18H20N2OS2/c21-16(18-7-11-4-12(8-18)6-13(5-11)9-18)20-17-19-14(10-23-17)15-2-1-3-22-15/h1-3,10-13H,4-9H2,(H,19,20,21). The molecule has 2 aromatic rings. The Morgan fingerprint density at radius 3 is 2.43 bits per heavy atom. The van der Waals surface area contributed by atoms with Gasteiger partial charge >= 0.3 is 0 Å². The molecule has 0 radical (unpaired) electrons. The first-order valence-corrected chi connectivity index (χ1v) is 10.3. The zero-order valence-electron chi connectivity index (χ0n) is 13.0. The van der Waals surface area contributed by atoms with Crippen LogP contribution >= 0.6 is 22.7 Å². The summed E-state index contributed by atoms with van der Waals surface area (Å²) in [7, 11) is 0. The van der Waals surface area contributed by atoms with E-state index in [1.165, 1.54) is 19.3 Å². The highest BCUT2D eigenvalue weighted by molar-refractivity contribution is 7.16. The van der Waals surface area contributed by atoms with Crippen molar-refractivity contribution < 1.29 is 4.79 Å². The number of anilines is 1. The third-order valence-electron chi connectivity index (χ3n) is 6.02. The van der Waals surface area contributed by atoms with Crippen LogP contribution in [0.4, 0.5) is 5.13 Å². The maximum atomic E-state index is 13.0. The SMILES string of the molecule is O=C(Nc1nc(-c2cccs2)cs1)C12CC3CC(CC(C3)C1)C2. The number of carbonyl (C=O) groups excluding carboxylic acids is 1. The van der Waals surface area contributed by atoms with Crippen LogP contribution in [0.1, 0.15) is 38.5 Å². The molecule has 4 fully saturated rings. The molecule has 0 atom stereocenters. The molecule has 2 aromatic heterocycles. The molecule has 0 saturated heterocycles. The van der Waals surface area contributed by atoms with Crippen molar-refractivity contribution in [3.05, 3.63) is 22.9 Å². The summed E-state index contributed by atoms with van der Waals surface area (Å²) in [5.74, 6) is 2.63. The van der Waals surface area contributed by atoms with Crippen molar-refractivity contribution in [2.45, 2.75) is 38.5 Å². The first-order chi connectivity index (χ1) is 11.2. The van der Waals surface area contributed by atoms with Gasteiger partial charge in [-0.25, -0.2) is 4.98 Å². The molecule has 1 amide bonds. The summed E-state index contributed by atoms with van der Waals surface area (Å²) in [6.07, 6.45) is 7.42. The van der Waals surface area contributed by atoms with E-state index in [0.29, 0.717) is 0 Å².